The van der Waals surface area contributed by atoms with Gasteiger partial charge in [-0.3, -0.25) is 9.59 Å². The molecule has 2 rings (SSSR count). The second-order valence-corrected chi connectivity index (χ2v) is 5.46. The maximum absolute atomic E-state index is 12.0. The lowest BCUT2D eigenvalue weighted by atomic mass is 10.2. The van der Waals surface area contributed by atoms with E-state index in [1.165, 1.54) is 0 Å². The van der Waals surface area contributed by atoms with Crippen molar-refractivity contribution in [3.8, 4) is 5.75 Å². The number of carbonyl (C=O) groups is 2. The Hall–Kier alpha value is -1.49. The molecule has 5 heteroatoms. The molecule has 1 aromatic rings. The van der Waals surface area contributed by atoms with E-state index < -0.39 is 0 Å². The van der Waals surface area contributed by atoms with Crippen molar-refractivity contribution in [2.24, 2.45) is 0 Å². The van der Waals surface area contributed by atoms with Gasteiger partial charge >= 0.3 is 0 Å². The standard InChI is InChI=1S/C14H17NO3S/c1-3-12(16)14(17)15-6-7-19-13-5-4-11(18-2)8-10(13)9-15/h4-5,8H,3,6-7,9H2,1-2H3. The lowest BCUT2D eigenvalue weighted by molar-refractivity contribution is -0.144. The molecule has 1 aliphatic rings. The van der Waals surface area contributed by atoms with Gasteiger partial charge in [0.25, 0.3) is 5.91 Å². The summed E-state index contributed by atoms with van der Waals surface area (Å²) in [5.41, 5.74) is 1.04. The van der Waals surface area contributed by atoms with Gasteiger partial charge in [0.2, 0.25) is 5.78 Å². The molecule has 0 saturated heterocycles. The van der Waals surface area contributed by atoms with Crippen LogP contribution in [0.25, 0.3) is 0 Å². The van der Waals surface area contributed by atoms with Gasteiger partial charge in [0, 0.05) is 30.2 Å². The second kappa shape index (κ2) is 6.10. The van der Waals surface area contributed by atoms with E-state index in [1.54, 1.807) is 30.7 Å². The van der Waals surface area contributed by atoms with E-state index >= 15 is 0 Å². The van der Waals surface area contributed by atoms with E-state index in [4.69, 9.17) is 4.74 Å². The second-order valence-electron chi connectivity index (χ2n) is 4.33. The fourth-order valence-electron chi connectivity index (χ4n) is 2.00. The molecule has 0 atom stereocenters. The van der Waals surface area contributed by atoms with Crippen molar-refractivity contribution in [2.45, 2.75) is 24.8 Å². The van der Waals surface area contributed by atoms with Crippen molar-refractivity contribution in [2.75, 3.05) is 19.4 Å². The van der Waals surface area contributed by atoms with Crippen LogP contribution in [-0.2, 0) is 16.1 Å². The lowest BCUT2D eigenvalue weighted by Crippen LogP contribution is -2.36. The fourth-order valence-corrected chi connectivity index (χ4v) is 3.00. The Labute approximate surface area is 117 Å². The van der Waals surface area contributed by atoms with Gasteiger partial charge in [-0.1, -0.05) is 6.92 Å². The van der Waals surface area contributed by atoms with E-state index in [0.717, 1.165) is 22.0 Å². The van der Waals surface area contributed by atoms with Crippen LogP contribution in [-0.4, -0.2) is 36.0 Å². The van der Waals surface area contributed by atoms with Crippen molar-refractivity contribution >= 4 is 23.5 Å². The number of fused-ring (bicyclic) bond motifs is 1. The summed E-state index contributed by atoms with van der Waals surface area (Å²) in [4.78, 5) is 26.3. The summed E-state index contributed by atoms with van der Waals surface area (Å²) in [6.45, 7) is 2.79. The number of hydrogen-bond acceptors (Lipinski definition) is 4. The van der Waals surface area contributed by atoms with Crippen LogP contribution < -0.4 is 4.74 Å². The molecule has 0 aromatic heterocycles. The Morgan fingerprint density at radius 1 is 1.42 bits per heavy atom. The first-order valence-electron chi connectivity index (χ1n) is 6.27. The molecule has 0 bridgehead atoms. The minimum Gasteiger partial charge on any atom is -0.497 e. The molecule has 0 unspecified atom stereocenters. The number of Topliss-reactive ketones (excluding diaryl/α,β-unsaturated/α-hetero) is 1. The summed E-state index contributed by atoms with van der Waals surface area (Å²) in [6.07, 6.45) is 0.257. The Balaban J connectivity index is 2.23. The van der Waals surface area contributed by atoms with Crippen LogP contribution in [0.5, 0.6) is 5.75 Å². The van der Waals surface area contributed by atoms with Crippen LogP contribution >= 0.6 is 11.8 Å². The first-order valence-corrected chi connectivity index (χ1v) is 7.26. The van der Waals surface area contributed by atoms with Gasteiger partial charge in [0.1, 0.15) is 5.75 Å². The molecule has 0 aliphatic carbocycles. The number of amides is 1. The van der Waals surface area contributed by atoms with Crippen LogP contribution in [0.3, 0.4) is 0 Å². The van der Waals surface area contributed by atoms with E-state index in [-0.39, 0.29) is 18.1 Å². The summed E-state index contributed by atoms with van der Waals surface area (Å²) < 4.78 is 5.21. The van der Waals surface area contributed by atoms with Gasteiger partial charge in [0.15, 0.2) is 0 Å². The summed E-state index contributed by atoms with van der Waals surface area (Å²) in [5.74, 6) is 0.882. The summed E-state index contributed by atoms with van der Waals surface area (Å²) in [7, 11) is 1.62. The van der Waals surface area contributed by atoms with E-state index in [1.807, 2.05) is 18.2 Å². The Bertz CT molecular complexity index is 501. The molecule has 1 amide bonds. The zero-order valence-electron chi connectivity index (χ0n) is 11.1. The number of nitrogens with zero attached hydrogens (tertiary/aromatic N) is 1. The highest BCUT2D eigenvalue weighted by Crippen LogP contribution is 2.30. The predicted molar refractivity (Wildman–Crippen MR) is 74.4 cm³/mol. The summed E-state index contributed by atoms with van der Waals surface area (Å²) in [5, 5.41) is 0. The monoisotopic (exact) mass is 279 g/mol. The SMILES string of the molecule is CCC(=O)C(=O)N1CCSc2ccc(OC)cc2C1. The average Bonchev–Trinajstić information content (AvgIpc) is 2.66. The molecule has 19 heavy (non-hydrogen) atoms. The van der Waals surface area contributed by atoms with Crippen molar-refractivity contribution in [3.05, 3.63) is 23.8 Å². The van der Waals surface area contributed by atoms with E-state index in [0.29, 0.717) is 13.1 Å². The number of hydrogen-bond donors (Lipinski definition) is 0. The molecular weight excluding hydrogens is 262 g/mol. The smallest absolute Gasteiger partial charge is 0.290 e. The van der Waals surface area contributed by atoms with E-state index in [9.17, 15) is 9.59 Å². The molecule has 102 valence electrons. The molecule has 1 heterocycles. The fraction of sp³-hybridized carbons (Fsp3) is 0.429. The highest BCUT2D eigenvalue weighted by Gasteiger charge is 2.23. The molecule has 0 saturated carbocycles. The third-order valence-corrected chi connectivity index (χ3v) is 4.19. The number of ketones is 1. The van der Waals surface area contributed by atoms with Gasteiger partial charge in [-0.2, -0.15) is 0 Å². The van der Waals surface area contributed by atoms with Crippen molar-refractivity contribution in [3.63, 3.8) is 0 Å². The molecule has 1 aliphatic heterocycles. The third kappa shape index (κ3) is 3.10. The van der Waals surface area contributed by atoms with Crippen LogP contribution in [0.15, 0.2) is 23.1 Å². The average molecular weight is 279 g/mol. The number of ether oxygens (including phenoxy) is 1. The quantitative estimate of drug-likeness (QED) is 0.795. The minimum absolute atomic E-state index is 0.257. The number of carbonyl (C=O) groups excluding carboxylic acids is 2. The van der Waals surface area contributed by atoms with Crippen molar-refractivity contribution in [1.82, 2.24) is 4.90 Å². The minimum atomic E-state index is -0.376. The zero-order valence-corrected chi connectivity index (χ0v) is 12.0. The maximum Gasteiger partial charge on any atom is 0.290 e. The van der Waals surface area contributed by atoms with Crippen molar-refractivity contribution < 1.29 is 14.3 Å². The van der Waals surface area contributed by atoms with Crippen LogP contribution in [0.2, 0.25) is 0 Å². The first kappa shape index (κ1) is 13.9. The van der Waals surface area contributed by atoms with Crippen LogP contribution in [0, 0.1) is 0 Å². The number of rotatable bonds is 3. The largest absolute Gasteiger partial charge is 0.497 e. The topological polar surface area (TPSA) is 46.6 Å². The molecule has 0 N–H and O–H groups in total. The molecule has 0 fully saturated rings. The third-order valence-electron chi connectivity index (χ3n) is 3.09. The Morgan fingerprint density at radius 3 is 2.89 bits per heavy atom. The summed E-state index contributed by atoms with van der Waals surface area (Å²) >= 11 is 1.71. The normalized spacial score (nSPS) is 14.5. The van der Waals surface area contributed by atoms with Gasteiger partial charge in [-0.15, -0.1) is 11.8 Å². The first-order chi connectivity index (χ1) is 9.15. The Kier molecular flexibility index (Phi) is 4.47. The maximum atomic E-state index is 12.0. The summed E-state index contributed by atoms with van der Waals surface area (Å²) in [6, 6.07) is 5.86. The van der Waals surface area contributed by atoms with Crippen molar-refractivity contribution in [1.29, 1.82) is 0 Å². The number of methoxy groups -OCH3 is 1. The molecule has 0 radical (unpaired) electrons. The predicted octanol–water partition coefficient (Wildman–Crippen LogP) is 2.11. The van der Waals surface area contributed by atoms with Gasteiger partial charge in [0.05, 0.1) is 7.11 Å². The molecule has 4 nitrogen and oxygen atoms in total. The highest BCUT2D eigenvalue weighted by molar-refractivity contribution is 7.99. The molecule has 1 aromatic carbocycles. The zero-order chi connectivity index (χ0) is 13.8. The van der Waals surface area contributed by atoms with Gasteiger partial charge in [-0.25, -0.2) is 0 Å². The number of thioether (sulfide) groups is 1. The highest BCUT2D eigenvalue weighted by atomic mass is 32.2. The number of benzene rings is 1. The Morgan fingerprint density at radius 2 is 2.21 bits per heavy atom. The molecule has 0 spiro atoms. The van der Waals surface area contributed by atoms with Gasteiger partial charge in [-0.05, 0) is 23.8 Å². The van der Waals surface area contributed by atoms with Gasteiger partial charge < -0.3 is 9.64 Å². The van der Waals surface area contributed by atoms with E-state index in [2.05, 4.69) is 0 Å². The van der Waals surface area contributed by atoms with Crippen LogP contribution in [0.1, 0.15) is 18.9 Å². The molecular formula is C14H17NO3S. The van der Waals surface area contributed by atoms with Crippen LogP contribution in [0.4, 0.5) is 0 Å². The lowest BCUT2D eigenvalue weighted by Gasteiger charge is -2.19.